The highest BCUT2D eigenvalue weighted by Gasteiger charge is 2.34. The molecular formula is C29H23F4N3O2S. The van der Waals surface area contributed by atoms with Crippen LogP contribution in [0.3, 0.4) is 0 Å². The number of benzene rings is 3. The Morgan fingerprint density at radius 3 is 2.41 bits per heavy atom. The lowest BCUT2D eigenvalue weighted by atomic mass is 10.0. The summed E-state index contributed by atoms with van der Waals surface area (Å²) in [6, 6.07) is 16.1. The molecule has 0 saturated heterocycles. The van der Waals surface area contributed by atoms with Crippen molar-refractivity contribution in [2.24, 2.45) is 0 Å². The van der Waals surface area contributed by atoms with Crippen LogP contribution in [0, 0.1) is 12.7 Å². The van der Waals surface area contributed by atoms with Gasteiger partial charge in [-0.05, 0) is 73.0 Å². The number of nitrogens with zero attached hydrogens (tertiary/aromatic N) is 1. The molecule has 0 atom stereocenters. The molecule has 1 aliphatic rings. The Labute approximate surface area is 226 Å². The molecule has 2 amide bonds. The molecule has 10 heteroatoms. The maximum atomic E-state index is 14.3. The number of fused-ring (bicyclic) bond motifs is 3. The molecule has 3 aromatic carbocycles. The van der Waals surface area contributed by atoms with Gasteiger partial charge in [-0.3, -0.25) is 9.59 Å². The Bertz CT molecular complexity index is 1560. The van der Waals surface area contributed by atoms with Crippen molar-refractivity contribution in [3.8, 4) is 10.4 Å². The van der Waals surface area contributed by atoms with Crippen molar-refractivity contribution in [3.63, 3.8) is 0 Å². The molecule has 0 saturated carbocycles. The molecule has 5 nitrogen and oxygen atoms in total. The fourth-order valence-electron chi connectivity index (χ4n) is 4.54. The molecule has 0 bridgehead atoms. The van der Waals surface area contributed by atoms with Gasteiger partial charge in [0.05, 0.1) is 21.8 Å². The highest BCUT2D eigenvalue weighted by atomic mass is 32.1. The molecule has 2 N–H and O–H groups in total. The second-order valence-corrected chi connectivity index (χ2v) is 10.2. The first-order valence-corrected chi connectivity index (χ1v) is 12.9. The lowest BCUT2D eigenvalue weighted by Gasteiger charge is -2.24. The second kappa shape index (κ2) is 10.2. The van der Waals surface area contributed by atoms with Crippen molar-refractivity contribution >= 4 is 40.2 Å². The zero-order valence-electron chi connectivity index (χ0n) is 20.9. The fourth-order valence-corrected chi connectivity index (χ4v) is 5.68. The molecule has 200 valence electrons. The number of hydrogen-bond donors (Lipinski definition) is 2. The average molecular weight is 554 g/mol. The lowest BCUT2D eigenvalue weighted by molar-refractivity contribution is -0.137. The summed E-state index contributed by atoms with van der Waals surface area (Å²) in [7, 11) is 1.74. The van der Waals surface area contributed by atoms with Crippen LogP contribution >= 0.6 is 11.3 Å². The van der Waals surface area contributed by atoms with Crippen LogP contribution in [0.2, 0.25) is 0 Å². The first kappa shape index (κ1) is 26.4. The number of rotatable bonds is 4. The van der Waals surface area contributed by atoms with Gasteiger partial charge in [0.2, 0.25) is 0 Å². The molecule has 0 aliphatic carbocycles. The number of thiophene rings is 1. The Balaban J connectivity index is 1.55. The van der Waals surface area contributed by atoms with E-state index in [1.807, 2.05) is 0 Å². The molecular weight excluding hydrogens is 530 g/mol. The molecule has 39 heavy (non-hydrogen) atoms. The quantitative estimate of drug-likeness (QED) is 0.259. The standard InChI is InChI=1S/C29H23F4N3O2S/c1-16-4-3-5-22(30)25(16)35-27(37)24-14-18-12-13-36(28(38)17-6-9-20(34-2)10-7-17)23-15-19(29(31,32)33)8-11-21(23)26(18)39-24/h3-11,14-15,34H,12-13H2,1-2H3,(H,35,37). The van der Waals surface area contributed by atoms with Crippen molar-refractivity contribution in [3.05, 3.63) is 99.7 Å². The van der Waals surface area contributed by atoms with Crippen molar-refractivity contribution in [1.29, 1.82) is 0 Å². The van der Waals surface area contributed by atoms with Gasteiger partial charge in [0.25, 0.3) is 11.8 Å². The van der Waals surface area contributed by atoms with Crippen LogP contribution in [0.25, 0.3) is 10.4 Å². The molecule has 1 aliphatic heterocycles. The van der Waals surface area contributed by atoms with E-state index in [-0.39, 0.29) is 22.8 Å². The van der Waals surface area contributed by atoms with Crippen LogP contribution in [0.4, 0.5) is 34.6 Å². The van der Waals surface area contributed by atoms with E-state index in [0.29, 0.717) is 28.0 Å². The molecule has 1 aromatic heterocycles. The number of halogens is 4. The number of para-hydroxylation sites is 1. The summed E-state index contributed by atoms with van der Waals surface area (Å²) in [5, 5.41) is 5.57. The first-order chi connectivity index (χ1) is 18.6. The largest absolute Gasteiger partial charge is 0.416 e. The van der Waals surface area contributed by atoms with E-state index in [4.69, 9.17) is 0 Å². The van der Waals surface area contributed by atoms with E-state index < -0.39 is 29.4 Å². The number of anilines is 3. The SMILES string of the molecule is CNc1ccc(C(=O)N2CCc3cc(C(=O)Nc4c(C)cccc4F)sc3-c3ccc(C(F)(F)F)cc32)cc1. The molecule has 2 heterocycles. The fraction of sp³-hybridized carbons (Fsp3) is 0.172. The number of nitrogens with one attached hydrogen (secondary N) is 2. The Morgan fingerprint density at radius 1 is 1.00 bits per heavy atom. The van der Waals surface area contributed by atoms with E-state index in [9.17, 15) is 27.2 Å². The predicted octanol–water partition coefficient (Wildman–Crippen LogP) is 7.38. The number of amides is 2. The smallest absolute Gasteiger partial charge is 0.388 e. The second-order valence-electron chi connectivity index (χ2n) is 9.11. The summed E-state index contributed by atoms with van der Waals surface area (Å²) >= 11 is 1.10. The van der Waals surface area contributed by atoms with Crippen molar-refractivity contribution in [2.45, 2.75) is 19.5 Å². The zero-order valence-corrected chi connectivity index (χ0v) is 21.8. The van der Waals surface area contributed by atoms with Gasteiger partial charge in [-0.2, -0.15) is 13.2 Å². The highest BCUT2D eigenvalue weighted by Crippen LogP contribution is 2.44. The van der Waals surface area contributed by atoms with Crippen molar-refractivity contribution in [1.82, 2.24) is 0 Å². The average Bonchev–Trinajstić information content (AvgIpc) is 3.28. The molecule has 0 unspecified atom stereocenters. The van der Waals surface area contributed by atoms with E-state index >= 15 is 0 Å². The van der Waals surface area contributed by atoms with Gasteiger partial charge in [-0.1, -0.05) is 18.2 Å². The summed E-state index contributed by atoms with van der Waals surface area (Å²) in [6.45, 7) is 1.78. The topological polar surface area (TPSA) is 61.4 Å². The van der Waals surface area contributed by atoms with E-state index in [0.717, 1.165) is 34.7 Å². The summed E-state index contributed by atoms with van der Waals surface area (Å²) in [5.41, 5.74) is 2.14. The Morgan fingerprint density at radius 2 is 1.74 bits per heavy atom. The Hall–Kier alpha value is -4.18. The summed E-state index contributed by atoms with van der Waals surface area (Å²) in [5.74, 6) is -1.52. The maximum absolute atomic E-state index is 14.3. The third-order valence-corrected chi connectivity index (χ3v) is 7.83. The van der Waals surface area contributed by atoms with E-state index in [1.165, 1.54) is 17.0 Å². The van der Waals surface area contributed by atoms with E-state index in [2.05, 4.69) is 10.6 Å². The first-order valence-electron chi connectivity index (χ1n) is 12.1. The molecule has 0 radical (unpaired) electrons. The summed E-state index contributed by atoms with van der Waals surface area (Å²) in [6.07, 6.45) is -4.29. The van der Waals surface area contributed by atoms with Crippen LogP contribution in [-0.2, 0) is 12.6 Å². The van der Waals surface area contributed by atoms with Gasteiger partial charge < -0.3 is 15.5 Å². The third kappa shape index (κ3) is 5.12. The number of alkyl halides is 3. The monoisotopic (exact) mass is 553 g/mol. The lowest BCUT2D eigenvalue weighted by Crippen LogP contribution is -2.32. The maximum Gasteiger partial charge on any atom is 0.416 e. The van der Waals surface area contributed by atoms with Gasteiger partial charge >= 0.3 is 6.18 Å². The minimum absolute atomic E-state index is 0.0716. The van der Waals surface area contributed by atoms with Gasteiger partial charge in [0.15, 0.2) is 0 Å². The van der Waals surface area contributed by atoms with Gasteiger partial charge in [-0.25, -0.2) is 4.39 Å². The Kier molecular flexibility index (Phi) is 6.90. The van der Waals surface area contributed by atoms with Gasteiger partial charge in [0, 0.05) is 35.3 Å². The molecule has 0 fully saturated rings. The minimum Gasteiger partial charge on any atom is -0.388 e. The highest BCUT2D eigenvalue weighted by molar-refractivity contribution is 7.17. The van der Waals surface area contributed by atoms with Crippen molar-refractivity contribution in [2.75, 3.05) is 29.1 Å². The van der Waals surface area contributed by atoms with E-state index in [1.54, 1.807) is 56.4 Å². The normalized spacial score (nSPS) is 12.8. The number of carbonyl (C=O) groups is 2. The minimum atomic E-state index is -4.61. The van der Waals surface area contributed by atoms with Crippen LogP contribution in [-0.4, -0.2) is 25.4 Å². The molecule has 5 rings (SSSR count). The van der Waals surface area contributed by atoms with Crippen LogP contribution in [0.5, 0.6) is 0 Å². The number of carbonyl (C=O) groups excluding carboxylic acids is 2. The third-order valence-electron chi connectivity index (χ3n) is 6.62. The van der Waals surface area contributed by atoms with Gasteiger partial charge in [-0.15, -0.1) is 11.3 Å². The van der Waals surface area contributed by atoms with Crippen LogP contribution in [0.15, 0.2) is 66.7 Å². The van der Waals surface area contributed by atoms with Crippen LogP contribution < -0.4 is 15.5 Å². The zero-order chi connectivity index (χ0) is 27.9. The molecule has 4 aromatic rings. The van der Waals surface area contributed by atoms with Crippen LogP contribution in [0.1, 0.15) is 36.7 Å². The predicted molar refractivity (Wildman–Crippen MR) is 145 cm³/mol. The molecule has 0 spiro atoms. The van der Waals surface area contributed by atoms with Crippen molar-refractivity contribution < 1.29 is 27.2 Å². The summed E-state index contributed by atoms with van der Waals surface area (Å²) < 4.78 is 55.3. The summed E-state index contributed by atoms with van der Waals surface area (Å²) in [4.78, 5) is 28.8. The number of hydrogen-bond acceptors (Lipinski definition) is 4. The van der Waals surface area contributed by atoms with Gasteiger partial charge in [0.1, 0.15) is 5.82 Å². The number of aryl methyl sites for hydroxylation is 1.